The summed E-state index contributed by atoms with van der Waals surface area (Å²) in [5, 5.41) is 10.7. The van der Waals surface area contributed by atoms with Crippen molar-refractivity contribution < 1.29 is 80.2 Å². The van der Waals surface area contributed by atoms with Crippen molar-refractivity contribution in [3.05, 3.63) is 0 Å². The summed E-state index contributed by atoms with van der Waals surface area (Å²) >= 11 is 0. The van der Waals surface area contributed by atoms with Gasteiger partial charge in [-0.3, -0.25) is 37.3 Å². The third-order valence-electron chi connectivity index (χ3n) is 20.3. The van der Waals surface area contributed by atoms with E-state index in [0.29, 0.717) is 25.7 Å². The van der Waals surface area contributed by atoms with Crippen molar-refractivity contribution in [1.29, 1.82) is 0 Å². The normalized spacial score (nSPS) is 13.8. The molecule has 0 heterocycles. The van der Waals surface area contributed by atoms with Gasteiger partial charge in [0, 0.05) is 25.7 Å². The third kappa shape index (κ3) is 79.9. The number of carbonyl (C=O) groups excluding carboxylic acids is 4. The van der Waals surface area contributed by atoms with E-state index in [2.05, 4.69) is 34.6 Å². The first-order valence-electron chi connectivity index (χ1n) is 44.6. The molecule has 0 aromatic carbocycles. The lowest BCUT2D eigenvalue weighted by atomic mass is 10.0. The van der Waals surface area contributed by atoms with E-state index in [1.807, 2.05) is 0 Å². The van der Waals surface area contributed by atoms with Gasteiger partial charge in [-0.2, -0.15) is 0 Å². The first kappa shape index (κ1) is 103. The highest BCUT2D eigenvalue weighted by Gasteiger charge is 2.30. The second-order valence-corrected chi connectivity index (χ2v) is 34.3. The van der Waals surface area contributed by atoms with Gasteiger partial charge in [-0.25, -0.2) is 9.13 Å². The van der Waals surface area contributed by atoms with Gasteiger partial charge in [-0.05, 0) is 31.6 Å². The largest absolute Gasteiger partial charge is 0.472 e. The predicted molar refractivity (Wildman–Crippen MR) is 432 cm³/mol. The number of aliphatic hydroxyl groups is 1. The van der Waals surface area contributed by atoms with Crippen molar-refractivity contribution in [2.75, 3.05) is 39.6 Å². The second-order valence-electron chi connectivity index (χ2n) is 31.4. The fourth-order valence-electron chi connectivity index (χ4n) is 13.5. The summed E-state index contributed by atoms with van der Waals surface area (Å²) in [7, 11) is -9.93. The van der Waals surface area contributed by atoms with Crippen LogP contribution in [0.1, 0.15) is 465 Å². The number of esters is 4. The lowest BCUT2D eigenvalue weighted by molar-refractivity contribution is -0.161. The number of rotatable bonds is 86. The molecular formula is C86H168O17P2. The van der Waals surface area contributed by atoms with Crippen molar-refractivity contribution in [3.8, 4) is 0 Å². The molecule has 0 spiro atoms. The number of phosphoric acid groups is 2. The molecule has 0 aliphatic heterocycles. The van der Waals surface area contributed by atoms with Gasteiger partial charge in [0.25, 0.3) is 0 Å². The monoisotopic (exact) mass is 1540 g/mol. The van der Waals surface area contributed by atoms with Crippen LogP contribution in [0.3, 0.4) is 0 Å². The third-order valence-corrected chi connectivity index (χ3v) is 22.2. The topological polar surface area (TPSA) is 237 Å². The van der Waals surface area contributed by atoms with Crippen LogP contribution in [0.25, 0.3) is 0 Å². The van der Waals surface area contributed by atoms with Crippen LogP contribution in [0.15, 0.2) is 0 Å². The maximum Gasteiger partial charge on any atom is 0.472 e. The second kappa shape index (κ2) is 78.7. The van der Waals surface area contributed by atoms with E-state index in [4.69, 9.17) is 37.0 Å². The molecule has 5 atom stereocenters. The molecule has 0 rings (SSSR count). The first-order valence-corrected chi connectivity index (χ1v) is 47.6. The fraction of sp³-hybridized carbons (Fsp3) is 0.953. The van der Waals surface area contributed by atoms with E-state index >= 15 is 0 Å². The number of ether oxygens (including phenoxy) is 4. The van der Waals surface area contributed by atoms with Gasteiger partial charge in [0.1, 0.15) is 19.3 Å². The molecule has 0 aliphatic rings. The van der Waals surface area contributed by atoms with Crippen molar-refractivity contribution in [1.82, 2.24) is 0 Å². The number of hydrogen-bond acceptors (Lipinski definition) is 15. The highest BCUT2D eigenvalue weighted by atomic mass is 31.2. The molecule has 0 aromatic heterocycles. The van der Waals surface area contributed by atoms with Crippen LogP contribution in [0, 0.1) is 5.92 Å². The highest BCUT2D eigenvalue weighted by Crippen LogP contribution is 2.45. The smallest absolute Gasteiger partial charge is 0.462 e. The average Bonchev–Trinajstić information content (AvgIpc) is 0.914. The molecular weight excluding hydrogens is 1370 g/mol. The van der Waals surface area contributed by atoms with Gasteiger partial charge >= 0.3 is 39.5 Å². The van der Waals surface area contributed by atoms with Crippen LogP contribution in [0.2, 0.25) is 0 Å². The Hall–Kier alpha value is -1.94. The predicted octanol–water partition coefficient (Wildman–Crippen LogP) is 26.4. The molecule has 17 nitrogen and oxygen atoms in total. The summed E-state index contributed by atoms with van der Waals surface area (Å²) in [4.78, 5) is 73.2. The van der Waals surface area contributed by atoms with Crippen LogP contribution in [-0.2, 0) is 65.4 Å². The van der Waals surface area contributed by atoms with Crippen LogP contribution in [0.4, 0.5) is 0 Å². The summed E-state index contributed by atoms with van der Waals surface area (Å²) in [6.07, 6.45) is 72.4. The molecule has 624 valence electrons. The van der Waals surface area contributed by atoms with E-state index in [1.54, 1.807) is 0 Å². The van der Waals surface area contributed by atoms with Gasteiger partial charge in [0.2, 0.25) is 0 Å². The molecule has 0 aliphatic carbocycles. The molecule has 0 saturated heterocycles. The molecule has 105 heavy (non-hydrogen) atoms. The Kier molecular flexibility index (Phi) is 77.3. The Bertz CT molecular complexity index is 2000. The van der Waals surface area contributed by atoms with Gasteiger partial charge in [-0.15, -0.1) is 0 Å². The van der Waals surface area contributed by atoms with E-state index in [9.17, 15) is 43.2 Å². The Morgan fingerprint density at radius 1 is 0.257 bits per heavy atom. The van der Waals surface area contributed by atoms with Gasteiger partial charge < -0.3 is 33.8 Å². The van der Waals surface area contributed by atoms with Crippen molar-refractivity contribution in [2.45, 2.75) is 483 Å². The highest BCUT2D eigenvalue weighted by molar-refractivity contribution is 7.47. The number of phosphoric ester groups is 2. The zero-order valence-electron chi connectivity index (χ0n) is 68.9. The van der Waals surface area contributed by atoms with E-state index in [-0.39, 0.29) is 25.7 Å². The van der Waals surface area contributed by atoms with Crippen LogP contribution in [-0.4, -0.2) is 96.7 Å². The Morgan fingerprint density at radius 2 is 0.438 bits per heavy atom. The van der Waals surface area contributed by atoms with Crippen LogP contribution >= 0.6 is 15.6 Å². The van der Waals surface area contributed by atoms with Gasteiger partial charge in [0.15, 0.2) is 12.2 Å². The maximum atomic E-state index is 13.1. The fourth-order valence-corrected chi connectivity index (χ4v) is 15.1. The van der Waals surface area contributed by atoms with E-state index in [0.717, 1.165) is 95.8 Å². The minimum Gasteiger partial charge on any atom is -0.462 e. The summed E-state index contributed by atoms with van der Waals surface area (Å²) < 4.78 is 68.9. The zero-order valence-corrected chi connectivity index (χ0v) is 70.7. The summed E-state index contributed by atoms with van der Waals surface area (Å²) in [5.41, 5.74) is 0. The first-order chi connectivity index (χ1) is 51.0. The molecule has 2 unspecified atom stereocenters. The summed E-state index contributed by atoms with van der Waals surface area (Å²) in [5.74, 6) is -1.37. The molecule has 19 heteroatoms. The van der Waals surface area contributed by atoms with Crippen molar-refractivity contribution >= 4 is 39.5 Å². The molecule has 0 aromatic rings. The maximum absolute atomic E-state index is 13.1. The van der Waals surface area contributed by atoms with Crippen LogP contribution < -0.4 is 0 Å². The van der Waals surface area contributed by atoms with Crippen LogP contribution in [0.5, 0.6) is 0 Å². The molecule has 0 fully saturated rings. The number of unbranched alkanes of at least 4 members (excludes halogenated alkanes) is 58. The lowest BCUT2D eigenvalue weighted by Gasteiger charge is -2.21. The molecule has 0 radical (unpaired) electrons. The zero-order chi connectivity index (χ0) is 76.9. The standard InChI is InChI=1S/C86H168O17P2/c1-6-9-12-15-18-21-24-27-29-31-33-35-37-39-41-44-47-50-57-62-67-72-86(91)102-81(75-96-83(88)69-64-59-54-48-45-43-40-38-36-34-32-30-28-25-22-19-16-13-10-7-2)77-100-104(92,93)98-73-80(87)74-99-105(94,95)101-78-82(76-97-84(89)70-65-60-55-52-51-53-58-63-68-79(4)5)103-85(90)71-66-61-56-49-46-42-26-23-20-17-14-11-8-3/h79-82,87H,6-78H2,1-5H3,(H,92,93)(H,94,95)/t80-,81-,82-/m1/s1. The minimum absolute atomic E-state index is 0.108. The number of hydrogen-bond donors (Lipinski definition) is 3. The van der Waals surface area contributed by atoms with Crippen molar-refractivity contribution in [3.63, 3.8) is 0 Å². The SMILES string of the molecule is CCCCCCCCCCCCCCCCCCCCCCCC(=O)O[C@H](COC(=O)CCCCCCCCCCCCCCCCCCCCCC)COP(=O)(O)OC[C@@H](O)COP(=O)(O)OC[C@@H](COC(=O)CCCCCCCCCCC(C)C)OC(=O)CCCCCCCCCCCCCCC. The number of carbonyl (C=O) groups is 4. The number of aliphatic hydroxyl groups excluding tert-OH is 1. The summed E-state index contributed by atoms with van der Waals surface area (Å²) in [6, 6.07) is 0. The lowest BCUT2D eigenvalue weighted by Crippen LogP contribution is -2.30. The van der Waals surface area contributed by atoms with E-state index < -0.39 is 97.5 Å². The summed E-state index contributed by atoms with van der Waals surface area (Å²) in [6.45, 7) is 7.32. The van der Waals surface area contributed by atoms with Gasteiger partial charge in [0.05, 0.1) is 26.4 Å². The Morgan fingerprint density at radius 3 is 0.648 bits per heavy atom. The molecule has 0 saturated carbocycles. The Balaban J connectivity index is 5.22. The van der Waals surface area contributed by atoms with Crippen molar-refractivity contribution in [2.24, 2.45) is 5.92 Å². The molecule has 0 bridgehead atoms. The quantitative estimate of drug-likeness (QED) is 0.0222. The minimum atomic E-state index is -4.97. The van der Waals surface area contributed by atoms with E-state index in [1.165, 1.54) is 289 Å². The molecule has 0 amide bonds. The average molecular weight is 1540 g/mol. The Labute approximate surface area is 645 Å². The van der Waals surface area contributed by atoms with Gasteiger partial charge in [-0.1, -0.05) is 413 Å². The molecule has 3 N–H and O–H groups in total.